The van der Waals surface area contributed by atoms with E-state index < -0.39 is 0 Å². The number of hydrazine groups is 1. The second-order valence-electron chi connectivity index (χ2n) is 6.36. The number of carbonyl (C=O) groups excluding carboxylic acids is 1. The van der Waals surface area contributed by atoms with Gasteiger partial charge in [0.1, 0.15) is 0 Å². The first-order valence-corrected chi connectivity index (χ1v) is 8.12. The van der Waals surface area contributed by atoms with E-state index in [0.29, 0.717) is 11.6 Å². The standard InChI is InChI=1S/C17H25N3O/c18-19-17(21)15-9-3-1-7-14(15)12-20-11-5-8-13-6-2-4-10-16(13)20/h1,3,7,9,13,16H,2,4-6,8,10-12,18H2,(H,19,21). The van der Waals surface area contributed by atoms with Gasteiger partial charge in [-0.1, -0.05) is 31.0 Å². The van der Waals surface area contributed by atoms with Crippen molar-refractivity contribution in [2.45, 2.75) is 51.1 Å². The summed E-state index contributed by atoms with van der Waals surface area (Å²) in [4.78, 5) is 14.5. The zero-order chi connectivity index (χ0) is 14.7. The molecular formula is C17H25N3O. The van der Waals surface area contributed by atoms with Crippen molar-refractivity contribution in [3.8, 4) is 0 Å². The summed E-state index contributed by atoms with van der Waals surface area (Å²) in [5.74, 6) is 5.97. The molecule has 21 heavy (non-hydrogen) atoms. The lowest BCUT2D eigenvalue weighted by atomic mass is 9.78. The maximum absolute atomic E-state index is 11.9. The number of nitrogens with zero attached hydrogens (tertiary/aromatic N) is 1. The fourth-order valence-corrected chi connectivity index (χ4v) is 4.10. The number of benzene rings is 1. The Morgan fingerprint density at radius 1 is 1.19 bits per heavy atom. The average molecular weight is 287 g/mol. The smallest absolute Gasteiger partial charge is 0.265 e. The van der Waals surface area contributed by atoms with E-state index in [1.165, 1.54) is 38.5 Å². The lowest BCUT2D eigenvalue weighted by Crippen LogP contribution is -2.46. The highest BCUT2D eigenvalue weighted by Gasteiger charge is 2.33. The van der Waals surface area contributed by atoms with Crippen LogP contribution in [0.2, 0.25) is 0 Å². The average Bonchev–Trinajstić information content (AvgIpc) is 2.55. The van der Waals surface area contributed by atoms with Gasteiger partial charge in [-0.3, -0.25) is 15.1 Å². The number of likely N-dealkylation sites (tertiary alicyclic amines) is 1. The summed E-state index contributed by atoms with van der Waals surface area (Å²) in [6.45, 7) is 2.02. The fourth-order valence-electron chi connectivity index (χ4n) is 4.10. The molecule has 1 aromatic carbocycles. The van der Waals surface area contributed by atoms with Crippen molar-refractivity contribution < 1.29 is 4.79 Å². The van der Waals surface area contributed by atoms with Gasteiger partial charge in [0.05, 0.1) is 0 Å². The van der Waals surface area contributed by atoms with E-state index >= 15 is 0 Å². The number of fused-ring (bicyclic) bond motifs is 1. The predicted molar refractivity (Wildman–Crippen MR) is 83.5 cm³/mol. The summed E-state index contributed by atoms with van der Waals surface area (Å²) in [5, 5.41) is 0. The Labute approximate surface area is 126 Å². The SMILES string of the molecule is NNC(=O)c1ccccc1CN1CCCC2CCCCC21. The van der Waals surface area contributed by atoms with Crippen molar-refractivity contribution in [2.24, 2.45) is 11.8 Å². The van der Waals surface area contributed by atoms with E-state index in [1.807, 2.05) is 18.2 Å². The molecule has 2 unspecified atom stereocenters. The summed E-state index contributed by atoms with van der Waals surface area (Å²) in [5.41, 5.74) is 4.05. The summed E-state index contributed by atoms with van der Waals surface area (Å²) >= 11 is 0. The second-order valence-corrected chi connectivity index (χ2v) is 6.36. The third-order valence-electron chi connectivity index (χ3n) is 5.12. The zero-order valence-corrected chi connectivity index (χ0v) is 12.6. The van der Waals surface area contributed by atoms with Gasteiger partial charge in [0.25, 0.3) is 5.91 Å². The molecule has 114 valence electrons. The van der Waals surface area contributed by atoms with Crippen molar-refractivity contribution in [3.05, 3.63) is 35.4 Å². The molecule has 1 aliphatic carbocycles. The molecule has 0 radical (unpaired) electrons. The molecule has 3 N–H and O–H groups in total. The van der Waals surface area contributed by atoms with Crippen molar-refractivity contribution in [3.63, 3.8) is 0 Å². The minimum atomic E-state index is -0.192. The van der Waals surface area contributed by atoms with E-state index in [1.54, 1.807) is 0 Å². The molecule has 0 bridgehead atoms. The Bertz CT molecular complexity index is 501. The quantitative estimate of drug-likeness (QED) is 0.510. The summed E-state index contributed by atoms with van der Waals surface area (Å²) in [6, 6.07) is 8.52. The van der Waals surface area contributed by atoms with Crippen LogP contribution < -0.4 is 11.3 Å². The van der Waals surface area contributed by atoms with Crippen molar-refractivity contribution in [1.82, 2.24) is 10.3 Å². The van der Waals surface area contributed by atoms with Crippen LogP contribution in [0.15, 0.2) is 24.3 Å². The number of amides is 1. The van der Waals surface area contributed by atoms with Crippen molar-refractivity contribution in [1.29, 1.82) is 0 Å². The first-order valence-electron chi connectivity index (χ1n) is 8.12. The summed E-state index contributed by atoms with van der Waals surface area (Å²) in [6.07, 6.45) is 8.10. The Morgan fingerprint density at radius 2 is 1.95 bits per heavy atom. The van der Waals surface area contributed by atoms with E-state index in [0.717, 1.165) is 24.6 Å². The summed E-state index contributed by atoms with van der Waals surface area (Å²) < 4.78 is 0. The molecule has 2 atom stereocenters. The third kappa shape index (κ3) is 3.11. The number of nitrogens with one attached hydrogen (secondary N) is 1. The third-order valence-corrected chi connectivity index (χ3v) is 5.12. The topological polar surface area (TPSA) is 58.4 Å². The molecule has 1 amide bonds. The van der Waals surface area contributed by atoms with E-state index in [2.05, 4.69) is 16.4 Å². The molecule has 3 rings (SSSR count). The lowest BCUT2D eigenvalue weighted by molar-refractivity contribution is 0.0543. The van der Waals surface area contributed by atoms with Gasteiger partial charge < -0.3 is 0 Å². The Balaban J connectivity index is 1.78. The molecular weight excluding hydrogens is 262 g/mol. The zero-order valence-electron chi connectivity index (χ0n) is 12.6. The van der Waals surface area contributed by atoms with Crippen molar-refractivity contribution in [2.75, 3.05) is 6.54 Å². The molecule has 4 nitrogen and oxygen atoms in total. The van der Waals surface area contributed by atoms with E-state index in [9.17, 15) is 4.79 Å². The van der Waals surface area contributed by atoms with Crippen LogP contribution in [0.4, 0.5) is 0 Å². The van der Waals surface area contributed by atoms with Crippen LogP contribution in [0.5, 0.6) is 0 Å². The number of hydrogen-bond donors (Lipinski definition) is 2. The molecule has 2 aliphatic rings. The number of hydrogen-bond acceptors (Lipinski definition) is 3. The molecule has 1 saturated heterocycles. The highest BCUT2D eigenvalue weighted by atomic mass is 16.2. The highest BCUT2D eigenvalue weighted by molar-refractivity contribution is 5.95. The summed E-state index contributed by atoms with van der Waals surface area (Å²) in [7, 11) is 0. The molecule has 4 heteroatoms. The maximum atomic E-state index is 11.9. The van der Waals surface area contributed by atoms with Gasteiger partial charge in [0.15, 0.2) is 0 Å². The van der Waals surface area contributed by atoms with Crippen LogP contribution >= 0.6 is 0 Å². The lowest BCUT2D eigenvalue weighted by Gasteiger charge is -2.44. The maximum Gasteiger partial charge on any atom is 0.265 e. The van der Waals surface area contributed by atoms with Gasteiger partial charge in [-0.05, 0) is 49.8 Å². The molecule has 1 saturated carbocycles. The van der Waals surface area contributed by atoms with Gasteiger partial charge in [-0.15, -0.1) is 0 Å². The Kier molecular flexibility index (Phi) is 4.56. The van der Waals surface area contributed by atoms with Crippen LogP contribution in [-0.2, 0) is 6.54 Å². The number of nitrogen functional groups attached to an aromatic ring is 1. The van der Waals surface area contributed by atoms with Crippen LogP contribution in [0, 0.1) is 5.92 Å². The largest absolute Gasteiger partial charge is 0.296 e. The predicted octanol–water partition coefficient (Wildman–Crippen LogP) is 2.44. The number of piperidine rings is 1. The monoisotopic (exact) mass is 287 g/mol. The first-order chi connectivity index (χ1) is 10.3. The highest BCUT2D eigenvalue weighted by Crippen LogP contribution is 2.36. The molecule has 1 aliphatic heterocycles. The van der Waals surface area contributed by atoms with Crippen LogP contribution in [-0.4, -0.2) is 23.4 Å². The number of carbonyl (C=O) groups is 1. The van der Waals surface area contributed by atoms with Gasteiger partial charge in [-0.2, -0.15) is 0 Å². The Morgan fingerprint density at radius 3 is 2.81 bits per heavy atom. The fraction of sp³-hybridized carbons (Fsp3) is 0.588. The first kappa shape index (κ1) is 14.5. The van der Waals surface area contributed by atoms with Gasteiger partial charge in [0, 0.05) is 18.2 Å². The van der Waals surface area contributed by atoms with Gasteiger partial charge >= 0.3 is 0 Å². The minimum Gasteiger partial charge on any atom is -0.296 e. The number of rotatable bonds is 3. The van der Waals surface area contributed by atoms with Gasteiger partial charge in [0.2, 0.25) is 0 Å². The Hall–Kier alpha value is -1.39. The minimum absolute atomic E-state index is 0.192. The molecule has 0 spiro atoms. The van der Waals surface area contributed by atoms with E-state index in [-0.39, 0.29) is 5.91 Å². The van der Waals surface area contributed by atoms with E-state index in [4.69, 9.17) is 5.84 Å². The normalized spacial score (nSPS) is 26.1. The van der Waals surface area contributed by atoms with Crippen LogP contribution in [0.25, 0.3) is 0 Å². The second kappa shape index (κ2) is 6.58. The number of nitrogens with two attached hydrogens (primary N) is 1. The van der Waals surface area contributed by atoms with Crippen LogP contribution in [0.3, 0.4) is 0 Å². The molecule has 2 fully saturated rings. The molecule has 0 aromatic heterocycles. The van der Waals surface area contributed by atoms with Crippen LogP contribution in [0.1, 0.15) is 54.4 Å². The van der Waals surface area contributed by atoms with Gasteiger partial charge in [-0.25, -0.2) is 5.84 Å². The molecule has 1 aromatic rings. The van der Waals surface area contributed by atoms with Crippen molar-refractivity contribution >= 4 is 5.91 Å². The molecule has 1 heterocycles.